The van der Waals surface area contributed by atoms with Crippen LogP contribution in [-0.2, 0) is 16.1 Å². The van der Waals surface area contributed by atoms with E-state index in [2.05, 4.69) is 5.32 Å². The van der Waals surface area contributed by atoms with Gasteiger partial charge in [0.25, 0.3) is 5.91 Å². The fourth-order valence-corrected chi connectivity index (χ4v) is 2.97. The van der Waals surface area contributed by atoms with Crippen LogP contribution in [0.2, 0.25) is 0 Å². The first-order valence-corrected chi connectivity index (χ1v) is 10.0. The van der Waals surface area contributed by atoms with E-state index in [1.54, 1.807) is 42.5 Å². The van der Waals surface area contributed by atoms with E-state index in [4.69, 9.17) is 14.2 Å². The largest absolute Gasteiger partial charge is 0.492 e. The van der Waals surface area contributed by atoms with Gasteiger partial charge < -0.3 is 19.5 Å². The highest BCUT2D eigenvalue weighted by molar-refractivity contribution is 5.97. The number of carbonyl (C=O) groups excluding carboxylic acids is 2. The maximum atomic E-state index is 12.6. The molecule has 0 aliphatic heterocycles. The molecule has 160 valence electrons. The molecule has 0 bridgehead atoms. The average Bonchev–Trinajstić information content (AvgIpc) is 2.78. The van der Waals surface area contributed by atoms with Crippen LogP contribution in [0.5, 0.6) is 11.5 Å². The fourth-order valence-electron chi connectivity index (χ4n) is 2.97. The summed E-state index contributed by atoms with van der Waals surface area (Å²) in [4.78, 5) is 24.8. The van der Waals surface area contributed by atoms with Crippen LogP contribution in [0, 0.1) is 6.92 Å². The average molecular weight is 419 g/mol. The Hall–Kier alpha value is -3.80. The Bertz CT molecular complexity index is 1050. The molecule has 31 heavy (non-hydrogen) atoms. The van der Waals surface area contributed by atoms with Crippen molar-refractivity contribution in [1.29, 1.82) is 0 Å². The minimum absolute atomic E-state index is 0.262. The molecule has 6 heteroatoms. The van der Waals surface area contributed by atoms with Crippen molar-refractivity contribution in [3.63, 3.8) is 0 Å². The molecule has 0 saturated carbocycles. The number of para-hydroxylation sites is 3. The fraction of sp³-hybridized carbons (Fsp3) is 0.200. The molecule has 0 heterocycles. The summed E-state index contributed by atoms with van der Waals surface area (Å²) in [5.41, 5.74) is 2.91. The topological polar surface area (TPSA) is 73.9 Å². The Morgan fingerprint density at radius 2 is 1.61 bits per heavy atom. The summed E-state index contributed by atoms with van der Waals surface area (Å²) in [6.07, 6.45) is 0. The number of hydrogen-bond acceptors (Lipinski definition) is 5. The van der Waals surface area contributed by atoms with Gasteiger partial charge in [0.05, 0.1) is 12.3 Å². The van der Waals surface area contributed by atoms with Gasteiger partial charge in [0.1, 0.15) is 23.7 Å². The van der Waals surface area contributed by atoms with E-state index in [-0.39, 0.29) is 5.56 Å². The van der Waals surface area contributed by atoms with E-state index < -0.39 is 18.5 Å². The Morgan fingerprint density at radius 1 is 0.871 bits per heavy atom. The molecule has 6 nitrogen and oxygen atoms in total. The molecule has 3 aromatic carbocycles. The lowest BCUT2D eigenvalue weighted by Crippen LogP contribution is -2.21. The van der Waals surface area contributed by atoms with Crippen LogP contribution in [0.3, 0.4) is 0 Å². The number of nitrogens with one attached hydrogen (secondary N) is 1. The molecule has 0 radical (unpaired) electrons. The van der Waals surface area contributed by atoms with E-state index in [1.165, 1.54) is 0 Å². The van der Waals surface area contributed by atoms with Crippen LogP contribution in [0.15, 0.2) is 72.8 Å². The van der Waals surface area contributed by atoms with Crippen LogP contribution in [-0.4, -0.2) is 25.1 Å². The highest BCUT2D eigenvalue weighted by Crippen LogP contribution is 2.24. The van der Waals surface area contributed by atoms with E-state index in [0.717, 1.165) is 11.1 Å². The van der Waals surface area contributed by atoms with E-state index in [1.807, 2.05) is 44.2 Å². The summed E-state index contributed by atoms with van der Waals surface area (Å²) in [6.45, 7) is 4.23. The van der Waals surface area contributed by atoms with Gasteiger partial charge in [0.15, 0.2) is 6.61 Å². The molecule has 0 aliphatic rings. The molecule has 0 atom stereocenters. The van der Waals surface area contributed by atoms with Gasteiger partial charge in [-0.1, -0.05) is 54.1 Å². The van der Waals surface area contributed by atoms with Gasteiger partial charge in [-0.05, 0) is 43.7 Å². The van der Waals surface area contributed by atoms with E-state index in [9.17, 15) is 9.59 Å². The van der Waals surface area contributed by atoms with Crippen LogP contribution < -0.4 is 14.8 Å². The number of aryl methyl sites for hydroxylation is 1. The second-order valence-electron chi connectivity index (χ2n) is 6.83. The monoisotopic (exact) mass is 419 g/mol. The van der Waals surface area contributed by atoms with Crippen molar-refractivity contribution < 1.29 is 23.8 Å². The summed E-state index contributed by atoms with van der Waals surface area (Å²) < 4.78 is 16.5. The predicted molar refractivity (Wildman–Crippen MR) is 118 cm³/mol. The number of amides is 1. The molecule has 0 fully saturated rings. The standard InChI is InChI=1S/C25H25NO5/c1-3-29-23-14-7-5-12-21(23)26-24(27)17-31-25(28)20-11-4-6-13-22(20)30-16-19-10-8-9-18(2)15-19/h4-15H,3,16-17H2,1-2H3,(H,26,27). The Balaban J connectivity index is 1.59. The SMILES string of the molecule is CCOc1ccccc1NC(=O)COC(=O)c1ccccc1OCc1cccc(C)c1. The van der Waals surface area contributed by atoms with Gasteiger partial charge in [0, 0.05) is 0 Å². The molecule has 1 amide bonds. The van der Waals surface area contributed by atoms with Crippen molar-refractivity contribution in [3.8, 4) is 11.5 Å². The zero-order chi connectivity index (χ0) is 22.1. The van der Waals surface area contributed by atoms with Crippen molar-refractivity contribution in [2.75, 3.05) is 18.5 Å². The first-order valence-electron chi connectivity index (χ1n) is 10.0. The van der Waals surface area contributed by atoms with Crippen molar-refractivity contribution >= 4 is 17.6 Å². The molecule has 0 aliphatic carbocycles. The van der Waals surface area contributed by atoms with Crippen molar-refractivity contribution in [2.45, 2.75) is 20.5 Å². The molecule has 0 unspecified atom stereocenters. The van der Waals surface area contributed by atoms with Crippen molar-refractivity contribution in [3.05, 3.63) is 89.5 Å². The molecular formula is C25H25NO5. The van der Waals surface area contributed by atoms with Crippen molar-refractivity contribution in [2.24, 2.45) is 0 Å². The lowest BCUT2D eigenvalue weighted by Gasteiger charge is -2.13. The Kier molecular flexibility index (Phi) is 7.65. The number of benzene rings is 3. The molecule has 0 spiro atoms. The van der Waals surface area contributed by atoms with Crippen LogP contribution in [0.1, 0.15) is 28.4 Å². The lowest BCUT2D eigenvalue weighted by molar-refractivity contribution is -0.119. The van der Waals surface area contributed by atoms with E-state index >= 15 is 0 Å². The van der Waals surface area contributed by atoms with Crippen molar-refractivity contribution in [1.82, 2.24) is 0 Å². The van der Waals surface area contributed by atoms with Gasteiger partial charge in [-0.3, -0.25) is 4.79 Å². The number of anilines is 1. The van der Waals surface area contributed by atoms with Crippen LogP contribution in [0.4, 0.5) is 5.69 Å². The highest BCUT2D eigenvalue weighted by atomic mass is 16.5. The Labute approximate surface area is 181 Å². The highest BCUT2D eigenvalue weighted by Gasteiger charge is 2.16. The molecular weight excluding hydrogens is 394 g/mol. The van der Waals surface area contributed by atoms with Gasteiger partial charge in [0.2, 0.25) is 0 Å². The third-order valence-electron chi connectivity index (χ3n) is 4.38. The lowest BCUT2D eigenvalue weighted by atomic mass is 10.1. The van der Waals surface area contributed by atoms with E-state index in [0.29, 0.717) is 30.4 Å². The maximum Gasteiger partial charge on any atom is 0.342 e. The first-order chi connectivity index (χ1) is 15.1. The molecule has 3 aromatic rings. The number of carbonyl (C=O) groups is 2. The number of rotatable bonds is 9. The number of ether oxygens (including phenoxy) is 3. The number of esters is 1. The minimum Gasteiger partial charge on any atom is -0.492 e. The van der Waals surface area contributed by atoms with Gasteiger partial charge in [-0.15, -0.1) is 0 Å². The van der Waals surface area contributed by atoms with Crippen LogP contribution >= 0.6 is 0 Å². The number of hydrogen-bond donors (Lipinski definition) is 1. The maximum absolute atomic E-state index is 12.6. The summed E-state index contributed by atoms with van der Waals surface area (Å²) in [7, 11) is 0. The van der Waals surface area contributed by atoms with Gasteiger partial charge >= 0.3 is 5.97 Å². The molecule has 1 N–H and O–H groups in total. The molecule has 0 aromatic heterocycles. The first kappa shape index (κ1) is 21.9. The quantitative estimate of drug-likeness (QED) is 0.506. The minimum atomic E-state index is -0.631. The zero-order valence-electron chi connectivity index (χ0n) is 17.6. The van der Waals surface area contributed by atoms with Gasteiger partial charge in [-0.2, -0.15) is 0 Å². The third-order valence-corrected chi connectivity index (χ3v) is 4.38. The predicted octanol–water partition coefficient (Wildman–Crippen LogP) is 4.77. The summed E-state index contributed by atoms with van der Waals surface area (Å²) in [6, 6.07) is 21.8. The summed E-state index contributed by atoms with van der Waals surface area (Å²) >= 11 is 0. The summed E-state index contributed by atoms with van der Waals surface area (Å²) in [5.74, 6) is -0.137. The molecule has 0 saturated heterocycles. The second kappa shape index (κ2) is 10.8. The normalized spacial score (nSPS) is 10.3. The van der Waals surface area contributed by atoms with Gasteiger partial charge in [-0.25, -0.2) is 4.79 Å². The zero-order valence-corrected chi connectivity index (χ0v) is 17.6. The summed E-state index contributed by atoms with van der Waals surface area (Å²) in [5, 5.41) is 2.70. The Morgan fingerprint density at radius 3 is 2.39 bits per heavy atom. The smallest absolute Gasteiger partial charge is 0.342 e. The molecule has 3 rings (SSSR count). The second-order valence-corrected chi connectivity index (χ2v) is 6.83. The third kappa shape index (κ3) is 6.34. The van der Waals surface area contributed by atoms with Crippen LogP contribution in [0.25, 0.3) is 0 Å².